The molecule has 1 aliphatic carbocycles. The summed E-state index contributed by atoms with van der Waals surface area (Å²) in [4.78, 5) is 12.3. The first-order valence-electron chi connectivity index (χ1n) is 8.19. The smallest absolute Gasteiger partial charge is 0.338 e. The maximum atomic E-state index is 12.3. The van der Waals surface area contributed by atoms with E-state index in [1.807, 2.05) is 12.1 Å². The number of halogens is 2. The van der Waals surface area contributed by atoms with Gasteiger partial charge in [0.2, 0.25) is 0 Å². The van der Waals surface area contributed by atoms with E-state index in [0.717, 1.165) is 22.1 Å². The van der Waals surface area contributed by atoms with Crippen molar-refractivity contribution in [3.05, 3.63) is 74.7 Å². The van der Waals surface area contributed by atoms with Crippen LogP contribution in [0, 0.1) is 5.92 Å². The Morgan fingerprint density at radius 1 is 1.32 bits per heavy atom. The van der Waals surface area contributed by atoms with Crippen LogP contribution in [0.1, 0.15) is 39.9 Å². The standard InChI is InChI=1S/C20H17BrClNO2/c1-25-20(24)15-8-9-16(22)19-17(15)13-6-3-7-14(13)18(23-19)11-4-2-5-12(21)10-11/h2-6,8-10,13-14,18,23H,7H2,1H3/t13?,14?,18-/m1/s1. The average Bonchev–Trinajstić information content (AvgIpc) is 3.10. The second kappa shape index (κ2) is 6.50. The quantitative estimate of drug-likeness (QED) is 0.501. The van der Waals surface area contributed by atoms with Gasteiger partial charge >= 0.3 is 5.97 Å². The van der Waals surface area contributed by atoms with Crippen LogP contribution in [0.3, 0.4) is 0 Å². The molecule has 2 aromatic carbocycles. The van der Waals surface area contributed by atoms with Gasteiger partial charge in [-0.3, -0.25) is 0 Å². The Morgan fingerprint density at radius 3 is 2.92 bits per heavy atom. The first-order chi connectivity index (χ1) is 12.1. The van der Waals surface area contributed by atoms with Gasteiger partial charge in [-0.2, -0.15) is 0 Å². The number of fused-ring (bicyclic) bond motifs is 3. The first-order valence-corrected chi connectivity index (χ1v) is 9.36. The minimum Gasteiger partial charge on any atom is -0.465 e. The lowest BCUT2D eigenvalue weighted by molar-refractivity contribution is 0.0598. The number of nitrogens with one attached hydrogen (secondary N) is 1. The fourth-order valence-electron chi connectivity index (χ4n) is 3.99. The Hall–Kier alpha value is -1.78. The number of ether oxygens (including phenoxy) is 1. The molecule has 1 heterocycles. The summed E-state index contributed by atoms with van der Waals surface area (Å²) in [6.07, 6.45) is 5.35. The molecule has 1 aliphatic heterocycles. The average molecular weight is 419 g/mol. The maximum absolute atomic E-state index is 12.3. The Labute approximate surface area is 160 Å². The Morgan fingerprint density at radius 2 is 2.16 bits per heavy atom. The van der Waals surface area contributed by atoms with Crippen molar-refractivity contribution in [3.63, 3.8) is 0 Å². The van der Waals surface area contributed by atoms with Crippen molar-refractivity contribution in [1.82, 2.24) is 0 Å². The lowest BCUT2D eigenvalue weighted by Crippen LogP contribution is -2.30. The molecule has 0 saturated carbocycles. The zero-order valence-electron chi connectivity index (χ0n) is 13.6. The van der Waals surface area contributed by atoms with E-state index < -0.39 is 0 Å². The van der Waals surface area contributed by atoms with E-state index in [2.05, 4.69) is 45.5 Å². The molecule has 0 aromatic heterocycles. The summed E-state index contributed by atoms with van der Waals surface area (Å²) in [5.41, 5.74) is 3.58. The molecule has 2 aliphatic rings. The number of hydrogen-bond donors (Lipinski definition) is 1. The summed E-state index contributed by atoms with van der Waals surface area (Å²) in [5, 5.41) is 4.23. The van der Waals surface area contributed by atoms with Crippen LogP contribution in [0.25, 0.3) is 0 Å². The van der Waals surface area contributed by atoms with Gasteiger partial charge in [0.1, 0.15) is 0 Å². The highest BCUT2D eigenvalue weighted by Crippen LogP contribution is 2.52. The monoisotopic (exact) mass is 417 g/mol. The fourth-order valence-corrected chi connectivity index (χ4v) is 4.63. The number of esters is 1. The van der Waals surface area contributed by atoms with Crippen molar-refractivity contribution < 1.29 is 9.53 Å². The lowest BCUT2D eigenvalue weighted by Gasteiger charge is -2.38. The number of carbonyl (C=O) groups is 1. The van der Waals surface area contributed by atoms with Crippen molar-refractivity contribution in [2.45, 2.75) is 18.4 Å². The van der Waals surface area contributed by atoms with E-state index in [0.29, 0.717) is 16.5 Å². The van der Waals surface area contributed by atoms with Crippen LogP contribution in [-0.4, -0.2) is 13.1 Å². The molecule has 0 spiro atoms. The van der Waals surface area contributed by atoms with E-state index in [1.165, 1.54) is 12.7 Å². The van der Waals surface area contributed by atoms with E-state index >= 15 is 0 Å². The summed E-state index contributed by atoms with van der Waals surface area (Å²) in [6.45, 7) is 0. The minimum absolute atomic E-state index is 0.135. The summed E-state index contributed by atoms with van der Waals surface area (Å²) in [7, 11) is 1.41. The molecule has 0 saturated heterocycles. The Kier molecular flexibility index (Phi) is 4.34. The van der Waals surface area contributed by atoms with Crippen molar-refractivity contribution in [1.29, 1.82) is 0 Å². The van der Waals surface area contributed by atoms with Gasteiger partial charge in [-0.05, 0) is 47.7 Å². The zero-order chi connectivity index (χ0) is 17.6. The topological polar surface area (TPSA) is 38.3 Å². The third-order valence-corrected chi connectivity index (χ3v) is 5.89. The molecule has 0 radical (unpaired) electrons. The molecular weight excluding hydrogens is 402 g/mol. The van der Waals surface area contributed by atoms with Crippen LogP contribution in [0.4, 0.5) is 5.69 Å². The summed E-state index contributed by atoms with van der Waals surface area (Å²) in [6, 6.07) is 12.0. The van der Waals surface area contributed by atoms with Gasteiger partial charge in [0.05, 0.1) is 29.4 Å². The van der Waals surface area contributed by atoms with Crippen molar-refractivity contribution in [2.75, 3.05) is 12.4 Å². The molecule has 128 valence electrons. The highest BCUT2D eigenvalue weighted by atomic mass is 79.9. The summed E-state index contributed by atoms with van der Waals surface area (Å²) >= 11 is 10.0. The fraction of sp³-hybridized carbons (Fsp3) is 0.250. The highest BCUT2D eigenvalue weighted by Gasteiger charge is 2.41. The molecule has 0 fully saturated rings. The molecule has 25 heavy (non-hydrogen) atoms. The van der Waals surface area contributed by atoms with Crippen molar-refractivity contribution in [3.8, 4) is 0 Å². The van der Waals surface area contributed by atoms with Crippen LogP contribution in [-0.2, 0) is 4.74 Å². The van der Waals surface area contributed by atoms with E-state index in [-0.39, 0.29) is 17.9 Å². The number of anilines is 1. The van der Waals surface area contributed by atoms with Gasteiger partial charge in [0.15, 0.2) is 0 Å². The third kappa shape index (κ3) is 2.77. The largest absolute Gasteiger partial charge is 0.465 e. The lowest BCUT2D eigenvalue weighted by atomic mass is 9.75. The predicted octanol–water partition coefficient (Wildman–Crippen LogP) is 5.72. The van der Waals surface area contributed by atoms with Gasteiger partial charge in [0.25, 0.3) is 0 Å². The number of carbonyl (C=O) groups excluding carboxylic acids is 1. The van der Waals surface area contributed by atoms with E-state index in [1.54, 1.807) is 12.1 Å². The third-order valence-electron chi connectivity index (χ3n) is 5.08. The summed E-state index contributed by atoms with van der Waals surface area (Å²) < 4.78 is 6.03. The van der Waals surface area contributed by atoms with Crippen LogP contribution < -0.4 is 5.32 Å². The predicted molar refractivity (Wildman–Crippen MR) is 103 cm³/mol. The molecule has 2 unspecified atom stereocenters. The van der Waals surface area contributed by atoms with Crippen molar-refractivity contribution >= 4 is 39.2 Å². The molecule has 1 N–H and O–H groups in total. The second-order valence-electron chi connectivity index (χ2n) is 6.41. The SMILES string of the molecule is COC(=O)c1ccc(Cl)c2c1C1C=CCC1[C@@H](c1cccc(Br)c1)N2. The number of hydrogen-bond acceptors (Lipinski definition) is 3. The Bertz CT molecular complexity index is 880. The van der Waals surface area contributed by atoms with Gasteiger partial charge < -0.3 is 10.1 Å². The van der Waals surface area contributed by atoms with Crippen LogP contribution in [0.2, 0.25) is 5.02 Å². The summed E-state index contributed by atoms with van der Waals surface area (Å²) in [5.74, 6) is 0.159. The normalized spacial score (nSPS) is 23.6. The van der Waals surface area contributed by atoms with Gasteiger partial charge in [0, 0.05) is 10.4 Å². The van der Waals surface area contributed by atoms with Crippen molar-refractivity contribution in [2.24, 2.45) is 5.92 Å². The molecule has 5 heteroatoms. The first kappa shape index (κ1) is 16.7. The van der Waals surface area contributed by atoms with Gasteiger partial charge in [-0.15, -0.1) is 0 Å². The van der Waals surface area contributed by atoms with E-state index in [9.17, 15) is 4.79 Å². The molecule has 0 amide bonds. The number of methoxy groups -OCH3 is 1. The maximum Gasteiger partial charge on any atom is 0.338 e. The molecule has 3 atom stereocenters. The number of benzene rings is 2. The molecule has 0 bridgehead atoms. The van der Waals surface area contributed by atoms with Gasteiger partial charge in [-0.25, -0.2) is 4.79 Å². The Balaban J connectivity index is 1.87. The molecule has 2 aromatic rings. The van der Waals surface area contributed by atoms with Crippen LogP contribution in [0.5, 0.6) is 0 Å². The van der Waals surface area contributed by atoms with Crippen LogP contribution >= 0.6 is 27.5 Å². The van der Waals surface area contributed by atoms with E-state index in [4.69, 9.17) is 16.3 Å². The zero-order valence-corrected chi connectivity index (χ0v) is 16.0. The minimum atomic E-state index is -0.324. The molecule has 4 rings (SSSR count). The van der Waals surface area contributed by atoms with Gasteiger partial charge in [-0.1, -0.05) is 51.8 Å². The highest BCUT2D eigenvalue weighted by molar-refractivity contribution is 9.10. The van der Waals surface area contributed by atoms with Crippen LogP contribution in [0.15, 0.2) is 53.0 Å². The second-order valence-corrected chi connectivity index (χ2v) is 7.73. The number of rotatable bonds is 2. The molecule has 3 nitrogen and oxygen atoms in total. The number of allylic oxidation sites excluding steroid dienone is 2. The molecular formula is C20H17BrClNO2.